The Hall–Kier alpha value is -2.51. The van der Waals surface area contributed by atoms with Crippen molar-refractivity contribution in [2.24, 2.45) is 0 Å². The third-order valence-corrected chi connectivity index (χ3v) is 2.84. The standard InChI is InChI=1S/C15H8F6O2/c16-14(17,18)12-6-9(8-22)5-11(7-12)10-1-3-13(4-2-10)23-15(19,20)21/h1-8H. The monoisotopic (exact) mass is 334 g/mol. The molecule has 8 heteroatoms. The Kier molecular flexibility index (Phi) is 4.35. The molecule has 0 aliphatic carbocycles. The molecular formula is C15H8F6O2. The summed E-state index contributed by atoms with van der Waals surface area (Å²) in [7, 11) is 0. The van der Waals surface area contributed by atoms with Crippen LogP contribution in [0, 0.1) is 0 Å². The van der Waals surface area contributed by atoms with Crippen molar-refractivity contribution in [2.75, 3.05) is 0 Å². The second-order valence-electron chi connectivity index (χ2n) is 4.53. The maximum absolute atomic E-state index is 12.8. The Morgan fingerprint density at radius 2 is 1.43 bits per heavy atom. The molecule has 0 heterocycles. The average molecular weight is 334 g/mol. The van der Waals surface area contributed by atoms with Crippen LogP contribution in [0.2, 0.25) is 0 Å². The Morgan fingerprint density at radius 3 is 1.91 bits per heavy atom. The van der Waals surface area contributed by atoms with Gasteiger partial charge >= 0.3 is 12.5 Å². The molecule has 23 heavy (non-hydrogen) atoms. The lowest BCUT2D eigenvalue weighted by Crippen LogP contribution is -2.16. The zero-order valence-corrected chi connectivity index (χ0v) is 11.2. The first kappa shape index (κ1) is 16.9. The van der Waals surface area contributed by atoms with E-state index in [0.29, 0.717) is 6.07 Å². The number of carbonyl (C=O) groups excluding carboxylic acids is 1. The largest absolute Gasteiger partial charge is 0.573 e. The normalized spacial score (nSPS) is 12.1. The van der Waals surface area contributed by atoms with Gasteiger partial charge < -0.3 is 4.74 Å². The van der Waals surface area contributed by atoms with Gasteiger partial charge in [-0.25, -0.2) is 0 Å². The summed E-state index contributed by atoms with van der Waals surface area (Å²) >= 11 is 0. The van der Waals surface area contributed by atoms with Gasteiger partial charge in [0, 0.05) is 5.56 Å². The molecule has 0 saturated heterocycles. The van der Waals surface area contributed by atoms with Crippen LogP contribution >= 0.6 is 0 Å². The van der Waals surface area contributed by atoms with Gasteiger partial charge in [-0.05, 0) is 41.5 Å². The summed E-state index contributed by atoms with van der Waals surface area (Å²) in [5, 5.41) is 0. The number of ether oxygens (including phenoxy) is 1. The molecular weight excluding hydrogens is 326 g/mol. The summed E-state index contributed by atoms with van der Waals surface area (Å²) in [5.41, 5.74) is -0.938. The highest BCUT2D eigenvalue weighted by Crippen LogP contribution is 2.34. The van der Waals surface area contributed by atoms with E-state index in [2.05, 4.69) is 4.74 Å². The van der Waals surface area contributed by atoms with Gasteiger partial charge in [0.2, 0.25) is 0 Å². The zero-order chi connectivity index (χ0) is 17.3. The summed E-state index contributed by atoms with van der Waals surface area (Å²) in [4.78, 5) is 10.8. The fourth-order valence-corrected chi connectivity index (χ4v) is 1.90. The lowest BCUT2D eigenvalue weighted by molar-refractivity contribution is -0.274. The van der Waals surface area contributed by atoms with Crippen LogP contribution in [0.5, 0.6) is 5.75 Å². The number of hydrogen-bond donors (Lipinski definition) is 0. The fraction of sp³-hybridized carbons (Fsp3) is 0.133. The third-order valence-electron chi connectivity index (χ3n) is 2.84. The quantitative estimate of drug-likeness (QED) is 0.578. The Bertz CT molecular complexity index is 701. The van der Waals surface area contributed by atoms with E-state index in [1.165, 1.54) is 18.2 Å². The first-order valence-electron chi connectivity index (χ1n) is 6.12. The highest BCUT2D eigenvalue weighted by atomic mass is 19.4. The molecule has 2 rings (SSSR count). The number of halogens is 6. The number of rotatable bonds is 3. The Labute approximate surface area is 126 Å². The first-order chi connectivity index (χ1) is 10.6. The second kappa shape index (κ2) is 5.94. The van der Waals surface area contributed by atoms with E-state index in [1.54, 1.807) is 0 Å². The molecule has 0 aliphatic rings. The van der Waals surface area contributed by atoms with Crippen LogP contribution in [0.25, 0.3) is 11.1 Å². The van der Waals surface area contributed by atoms with E-state index in [-0.39, 0.29) is 23.0 Å². The number of hydrogen-bond acceptors (Lipinski definition) is 2. The van der Waals surface area contributed by atoms with E-state index < -0.39 is 23.9 Å². The van der Waals surface area contributed by atoms with E-state index in [1.807, 2.05) is 0 Å². The van der Waals surface area contributed by atoms with E-state index >= 15 is 0 Å². The van der Waals surface area contributed by atoms with Gasteiger partial charge in [0.25, 0.3) is 0 Å². The lowest BCUT2D eigenvalue weighted by Gasteiger charge is -2.12. The van der Waals surface area contributed by atoms with Gasteiger partial charge in [0.05, 0.1) is 5.56 Å². The maximum Gasteiger partial charge on any atom is 0.573 e. The molecule has 122 valence electrons. The van der Waals surface area contributed by atoms with Crippen molar-refractivity contribution in [1.29, 1.82) is 0 Å². The summed E-state index contributed by atoms with van der Waals surface area (Å²) in [6, 6.07) is 7.01. The second-order valence-corrected chi connectivity index (χ2v) is 4.53. The van der Waals surface area contributed by atoms with Crippen LogP contribution < -0.4 is 4.74 Å². The van der Waals surface area contributed by atoms with Gasteiger partial charge in [0.15, 0.2) is 0 Å². The highest BCUT2D eigenvalue weighted by Gasteiger charge is 2.32. The van der Waals surface area contributed by atoms with Gasteiger partial charge in [-0.15, -0.1) is 13.2 Å². The van der Waals surface area contributed by atoms with Crippen molar-refractivity contribution in [3.05, 3.63) is 53.6 Å². The van der Waals surface area contributed by atoms with Crippen LogP contribution in [0.3, 0.4) is 0 Å². The van der Waals surface area contributed by atoms with E-state index in [4.69, 9.17) is 0 Å². The lowest BCUT2D eigenvalue weighted by atomic mass is 10.00. The van der Waals surface area contributed by atoms with Crippen molar-refractivity contribution < 1.29 is 35.9 Å². The number of alkyl halides is 6. The molecule has 2 aromatic carbocycles. The fourth-order valence-electron chi connectivity index (χ4n) is 1.90. The molecule has 0 unspecified atom stereocenters. The van der Waals surface area contributed by atoms with Crippen molar-refractivity contribution in [3.8, 4) is 16.9 Å². The van der Waals surface area contributed by atoms with E-state index in [0.717, 1.165) is 18.2 Å². The molecule has 0 aromatic heterocycles. The van der Waals surface area contributed by atoms with Crippen LogP contribution in [-0.2, 0) is 6.18 Å². The number of benzene rings is 2. The maximum atomic E-state index is 12.8. The number of aldehydes is 1. The molecule has 0 spiro atoms. The minimum Gasteiger partial charge on any atom is -0.406 e. The van der Waals surface area contributed by atoms with Gasteiger partial charge in [0.1, 0.15) is 12.0 Å². The summed E-state index contributed by atoms with van der Waals surface area (Å²) < 4.78 is 78.2. The number of carbonyl (C=O) groups is 1. The van der Waals surface area contributed by atoms with Gasteiger partial charge in [-0.2, -0.15) is 13.2 Å². The van der Waals surface area contributed by atoms with Crippen molar-refractivity contribution in [2.45, 2.75) is 12.5 Å². The molecule has 0 amide bonds. The summed E-state index contributed by atoms with van der Waals surface area (Å²) in [6.45, 7) is 0. The average Bonchev–Trinajstić information content (AvgIpc) is 2.45. The van der Waals surface area contributed by atoms with Crippen molar-refractivity contribution in [1.82, 2.24) is 0 Å². The first-order valence-corrected chi connectivity index (χ1v) is 6.12. The van der Waals surface area contributed by atoms with Gasteiger partial charge in [-0.1, -0.05) is 12.1 Å². The Balaban J connectivity index is 2.40. The molecule has 0 N–H and O–H groups in total. The molecule has 0 radical (unpaired) electrons. The Morgan fingerprint density at radius 1 is 0.826 bits per heavy atom. The van der Waals surface area contributed by atoms with Crippen LogP contribution in [0.1, 0.15) is 15.9 Å². The minimum absolute atomic E-state index is 0.0560. The van der Waals surface area contributed by atoms with Crippen LogP contribution in [-0.4, -0.2) is 12.6 Å². The van der Waals surface area contributed by atoms with Crippen LogP contribution in [0.4, 0.5) is 26.3 Å². The topological polar surface area (TPSA) is 26.3 Å². The summed E-state index contributed by atoms with van der Waals surface area (Å²) in [5.74, 6) is -0.496. The summed E-state index contributed by atoms with van der Waals surface area (Å²) in [6.07, 6.45) is -9.24. The molecule has 0 saturated carbocycles. The zero-order valence-electron chi connectivity index (χ0n) is 11.2. The molecule has 0 fully saturated rings. The molecule has 2 aromatic rings. The molecule has 2 nitrogen and oxygen atoms in total. The minimum atomic E-state index is -4.86. The van der Waals surface area contributed by atoms with Crippen molar-refractivity contribution in [3.63, 3.8) is 0 Å². The van der Waals surface area contributed by atoms with Crippen molar-refractivity contribution >= 4 is 6.29 Å². The smallest absolute Gasteiger partial charge is 0.406 e. The molecule has 0 bridgehead atoms. The van der Waals surface area contributed by atoms with Gasteiger partial charge in [-0.3, -0.25) is 4.79 Å². The molecule has 0 atom stereocenters. The molecule has 0 aliphatic heterocycles. The van der Waals surface area contributed by atoms with E-state index in [9.17, 15) is 31.1 Å². The predicted molar refractivity (Wildman–Crippen MR) is 69.0 cm³/mol. The highest BCUT2D eigenvalue weighted by molar-refractivity contribution is 5.79. The third kappa shape index (κ3) is 4.48. The predicted octanol–water partition coefficient (Wildman–Crippen LogP) is 5.08. The van der Waals surface area contributed by atoms with Crippen LogP contribution in [0.15, 0.2) is 42.5 Å². The SMILES string of the molecule is O=Cc1cc(-c2ccc(OC(F)(F)F)cc2)cc(C(F)(F)F)c1.